The van der Waals surface area contributed by atoms with Crippen LogP contribution < -0.4 is 0 Å². The molecule has 1 heteroatoms. The Labute approximate surface area is 108 Å². The van der Waals surface area contributed by atoms with Crippen molar-refractivity contribution in [3.8, 4) is 6.07 Å². The molecule has 0 aliphatic heterocycles. The van der Waals surface area contributed by atoms with E-state index in [4.69, 9.17) is 0 Å². The molecular weight excluding hydrogens is 218 g/mol. The quantitative estimate of drug-likeness (QED) is 0.792. The molecule has 0 bridgehead atoms. The van der Waals surface area contributed by atoms with Gasteiger partial charge in [0.2, 0.25) is 0 Å². The third kappa shape index (κ3) is 1.80. The fourth-order valence-electron chi connectivity index (χ4n) is 2.77. The number of benzene rings is 2. The van der Waals surface area contributed by atoms with Crippen molar-refractivity contribution in [1.29, 1.82) is 5.26 Å². The molecule has 0 saturated heterocycles. The van der Waals surface area contributed by atoms with Gasteiger partial charge in [-0.05, 0) is 29.9 Å². The Bertz CT molecular complexity index is 568. The SMILES string of the molecule is N#CC1(c2ccccc2)CC1Cc1ccccc1. The third-order valence-corrected chi connectivity index (χ3v) is 3.92. The highest BCUT2D eigenvalue weighted by molar-refractivity contribution is 5.42. The van der Waals surface area contributed by atoms with Crippen LogP contribution in [0, 0.1) is 17.2 Å². The van der Waals surface area contributed by atoms with Gasteiger partial charge in [-0.15, -0.1) is 0 Å². The molecule has 2 atom stereocenters. The van der Waals surface area contributed by atoms with Crippen LogP contribution in [0.25, 0.3) is 0 Å². The summed E-state index contributed by atoms with van der Waals surface area (Å²) in [5, 5.41) is 9.51. The zero-order valence-corrected chi connectivity index (χ0v) is 10.2. The Kier molecular flexibility index (Phi) is 2.64. The Morgan fingerprint density at radius 3 is 2.22 bits per heavy atom. The average molecular weight is 233 g/mol. The molecule has 2 unspecified atom stereocenters. The molecule has 88 valence electrons. The Hall–Kier alpha value is -2.07. The first-order valence-corrected chi connectivity index (χ1v) is 6.36. The Morgan fingerprint density at radius 1 is 1.00 bits per heavy atom. The smallest absolute Gasteiger partial charge is 0.0857 e. The van der Waals surface area contributed by atoms with Crippen LogP contribution in [0.15, 0.2) is 60.7 Å². The lowest BCUT2D eigenvalue weighted by atomic mass is 9.92. The highest BCUT2D eigenvalue weighted by Gasteiger charge is 2.55. The van der Waals surface area contributed by atoms with Crippen molar-refractivity contribution < 1.29 is 0 Å². The van der Waals surface area contributed by atoms with Gasteiger partial charge in [0.25, 0.3) is 0 Å². The fourth-order valence-corrected chi connectivity index (χ4v) is 2.77. The topological polar surface area (TPSA) is 23.8 Å². The van der Waals surface area contributed by atoms with E-state index in [-0.39, 0.29) is 5.41 Å². The normalized spacial score (nSPS) is 25.4. The summed E-state index contributed by atoms with van der Waals surface area (Å²) in [7, 11) is 0. The van der Waals surface area contributed by atoms with Gasteiger partial charge in [0.15, 0.2) is 0 Å². The molecule has 0 radical (unpaired) electrons. The third-order valence-electron chi connectivity index (χ3n) is 3.92. The highest BCUT2D eigenvalue weighted by atomic mass is 14.6. The summed E-state index contributed by atoms with van der Waals surface area (Å²) in [4.78, 5) is 0. The maximum atomic E-state index is 9.51. The molecule has 0 amide bonds. The number of hydrogen-bond donors (Lipinski definition) is 0. The number of nitrogens with zero attached hydrogens (tertiary/aromatic N) is 1. The minimum Gasteiger partial charge on any atom is -0.197 e. The van der Waals surface area contributed by atoms with E-state index in [1.165, 1.54) is 11.1 Å². The monoisotopic (exact) mass is 233 g/mol. The van der Waals surface area contributed by atoms with Crippen LogP contribution in [0.2, 0.25) is 0 Å². The van der Waals surface area contributed by atoms with E-state index in [1.54, 1.807) is 0 Å². The van der Waals surface area contributed by atoms with Crippen LogP contribution in [0.1, 0.15) is 17.5 Å². The summed E-state index contributed by atoms with van der Waals surface area (Å²) in [6, 6.07) is 23.2. The van der Waals surface area contributed by atoms with E-state index in [0.717, 1.165) is 12.8 Å². The summed E-state index contributed by atoms with van der Waals surface area (Å²) in [5.41, 5.74) is 2.26. The van der Waals surface area contributed by atoms with Gasteiger partial charge >= 0.3 is 0 Å². The first kappa shape index (κ1) is 11.0. The number of nitriles is 1. The molecule has 1 fully saturated rings. The van der Waals surface area contributed by atoms with Crippen molar-refractivity contribution in [1.82, 2.24) is 0 Å². The largest absolute Gasteiger partial charge is 0.197 e. The lowest BCUT2D eigenvalue weighted by Gasteiger charge is -2.09. The van der Waals surface area contributed by atoms with Crippen LogP contribution in [0.5, 0.6) is 0 Å². The molecule has 2 aromatic carbocycles. The summed E-state index contributed by atoms with van der Waals surface area (Å²) in [6.45, 7) is 0. The molecule has 1 aliphatic rings. The Morgan fingerprint density at radius 2 is 1.61 bits per heavy atom. The van der Waals surface area contributed by atoms with Gasteiger partial charge in [-0.2, -0.15) is 5.26 Å². The summed E-state index contributed by atoms with van der Waals surface area (Å²) >= 11 is 0. The van der Waals surface area contributed by atoms with E-state index in [1.807, 2.05) is 24.3 Å². The van der Waals surface area contributed by atoms with Gasteiger partial charge in [0, 0.05) is 0 Å². The Balaban J connectivity index is 1.81. The van der Waals surface area contributed by atoms with Crippen molar-refractivity contribution in [2.24, 2.45) is 5.92 Å². The molecule has 18 heavy (non-hydrogen) atoms. The predicted octanol–water partition coefficient (Wildman–Crippen LogP) is 3.71. The van der Waals surface area contributed by atoms with E-state index in [0.29, 0.717) is 5.92 Å². The second-order valence-corrected chi connectivity index (χ2v) is 5.04. The molecule has 3 rings (SSSR count). The van der Waals surface area contributed by atoms with Crippen molar-refractivity contribution in [2.45, 2.75) is 18.3 Å². The predicted molar refractivity (Wildman–Crippen MR) is 72.0 cm³/mol. The molecule has 0 N–H and O–H groups in total. The molecule has 0 aromatic heterocycles. The summed E-state index contributed by atoms with van der Waals surface area (Å²) in [6.07, 6.45) is 1.99. The van der Waals surface area contributed by atoms with Gasteiger partial charge in [0.05, 0.1) is 11.5 Å². The summed E-state index contributed by atoms with van der Waals surface area (Å²) < 4.78 is 0. The lowest BCUT2D eigenvalue weighted by Crippen LogP contribution is -2.08. The van der Waals surface area contributed by atoms with Crippen LogP contribution in [-0.4, -0.2) is 0 Å². The van der Waals surface area contributed by atoms with Gasteiger partial charge in [-0.25, -0.2) is 0 Å². The second-order valence-electron chi connectivity index (χ2n) is 5.04. The maximum absolute atomic E-state index is 9.51. The standard InChI is InChI=1S/C17H15N/c18-13-17(15-9-5-2-6-10-15)12-16(17)11-14-7-3-1-4-8-14/h1-10,16H,11-12H2. The van der Waals surface area contributed by atoms with Crippen LogP contribution in [0.3, 0.4) is 0 Å². The maximum Gasteiger partial charge on any atom is 0.0857 e. The van der Waals surface area contributed by atoms with Gasteiger partial charge in [0.1, 0.15) is 0 Å². The molecule has 1 nitrogen and oxygen atoms in total. The van der Waals surface area contributed by atoms with Crippen LogP contribution in [-0.2, 0) is 11.8 Å². The first-order valence-electron chi connectivity index (χ1n) is 6.36. The minimum absolute atomic E-state index is 0.239. The second kappa shape index (κ2) is 4.31. The van der Waals surface area contributed by atoms with E-state index >= 15 is 0 Å². The summed E-state index contributed by atoms with van der Waals surface area (Å²) in [5.74, 6) is 0.465. The van der Waals surface area contributed by atoms with E-state index in [9.17, 15) is 5.26 Å². The van der Waals surface area contributed by atoms with Gasteiger partial charge in [-0.1, -0.05) is 60.7 Å². The zero-order chi connectivity index (χ0) is 12.4. The molecular formula is C17H15N. The molecule has 2 aromatic rings. The van der Waals surface area contributed by atoms with Crippen LogP contribution in [0.4, 0.5) is 0 Å². The molecule has 0 heterocycles. The number of hydrogen-bond acceptors (Lipinski definition) is 1. The lowest BCUT2D eigenvalue weighted by molar-refractivity contribution is 0.721. The van der Waals surface area contributed by atoms with Crippen molar-refractivity contribution in [2.75, 3.05) is 0 Å². The van der Waals surface area contributed by atoms with Crippen LogP contribution >= 0.6 is 0 Å². The first-order chi connectivity index (χ1) is 8.85. The molecule has 1 saturated carbocycles. The minimum atomic E-state index is -0.239. The highest BCUT2D eigenvalue weighted by Crippen LogP contribution is 2.55. The fraction of sp³-hybridized carbons (Fsp3) is 0.235. The zero-order valence-electron chi connectivity index (χ0n) is 10.2. The van der Waals surface area contributed by atoms with Gasteiger partial charge in [-0.3, -0.25) is 0 Å². The van der Waals surface area contributed by atoms with E-state index in [2.05, 4.69) is 42.5 Å². The average Bonchev–Trinajstić information content (AvgIpc) is 3.15. The van der Waals surface area contributed by atoms with Crippen molar-refractivity contribution in [3.63, 3.8) is 0 Å². The number of rotatable bonds is 3. The van der Waals surface area contributed by atoms with E-state index < -0.39 is 0 Å². The van der Waals surface area contributed by atoms with Crippen molar-refractivity contribution >= 4 is 0 Å². The molecule has 0 spiro atoms. The van der Waals surface area contributed by atoms with Crippen molar-refractivity contribution in [3.05, 3.63) is 71.8 Å². The molecule has 1 aliphatic carbocycles. The van der Waals surface area contributed by atoms with Gasteiger partial charge < -0.3 is 0 Å².